The third-order valence-corrected chi connectivity index (χ3v) is 3.37. The molecule has 17 heavy (non-hydrogen) atoms. The van der Waals surface area contributed by atoms with Gasteiger partial charge in [-0.25, -0.2) is 0 Å². The summed E-state index contributed by atoms with van der Waals surface area (Å²) < 4.78 is 5.26. The van der Waals surface area contributed by atoms with Crippen molar-refractivity contribution in [2.24, 2.45) is 0 Å². The number of benzene rings is 1. The fraction of sp³-hybridized carbons (Fsp3) is 0.500. The van der Waals surface area contributed by atoms with Crippen LogP contribution in [-0.2, 0) is 0 Å². The fourth-order valence-electron chi connectivity index (χ4n) is 2.33. The fourth-order valence-corrected chi connectivity index (χ4v) is 2.33. The predicted octanol–water partition coefficient (Wildman–Crippen LogP) is 2.55. The van der Waals surface area contributed by atoms with Crippen LogP contribution in [0.15, 0.2) is 12.1 Å². The largest absolute Gasteiger partial charge is 0.496 e. The smallest absolute Gasteiger partial charge is 0.254 e. The Kier molecular flexibility index (Phi) is 3.36. The molecule has 3 heteroatoms. The Morgan fingerprint density at radius 3 is 2.41 bits per heavy atom. The molecule has 1 heterocycles. The van der Waals surface area contributed by atoms with Crippen LogP contribution < -0.4 is 4.74 Å². The third kappa shape index (κ3) is 2.28. The molecule has 0 atom stereocenters. The zero-order valence-electron chi connectivity index (χ0n) is 10.7. The summed E-state index contributed by atoms with van der Waals surface area (Å²) in [6.45, 7) is 5.72. The van der Waals surface area contributed by atoms with Crippen LogP contribution >= 0.6 is 0 Å². The van der Waals surface area contributed by atoms with E-state index in [9.17, 15) is 4.79 Å². The number of aryl methyl sites for hydroxylation is 2. The van der Waals surface area contributed by atoms with Gasteiger partial charge in [-0.05, 0) is 49.9 Å². The first-order chi connectivity index (χ1) is 8.13. The molecule has 1 amide bonds. The van der Waals surface area contributed by atoms with Gasteiger partial charge in [0.15, 0.2) is 0 Å². The van der Waals surface area contributed by atoms with Crippen LogP contribution in [0.5, 0.6) is 5.75 Å². The van der Waals surface area contributed by atoms with Gasteiger partial charge in [-0.1, -0.05) is 0 Å². The number of carbonyl (C=O) groups is 1. The van der Waals surface area contributed by atoms with Gasteiger partial charge >= 0.3 is 0 Å². The Morgan fingerprint density at radius 1 is 1.18 bits per heavy atom. The van der Waals surface area contributed by atoms with Crippen molar-refractivity contribution in [3.05, 3.63) is 28.8 Å². The first-order valence-electron chi connectivity index (χ1n) is 6.08. The second kappa shape index (κ2) is 4.78. The molecule has 0 saturated carbocycles. The van der Waals surface area contributed by atoms with E-state index >= 15 is 0 Å². The van der Waals surface area contributed by atoms with Crippen LogP contribution in [0.3, 0.4) is 0 Å². The number of ether oxygens (including phenoxy) is 1. The van der Waals surface area contributed by atoms with Crippen LogP contribution in [-0.4, -0.2) is 31.0 Å². The lowest BCUT2D eigenvalue weighted by atomic mass is 10.0. The summed E-state index contributed by atoms with van der Waals surface area (Å²) in [5.74, 6) is 1.01. The van der Waals surface area contributed by atoms with Crippen molar-refractivity contribution in [1.82, 2.24) is 4.90 Å². The lowest BCUT2D eigenvalue weighted by Crippen LogP contribution is -2.28. The first-order valence-corrected chi connectivity index (χ1v) is 6.08. The minimum absolute atomic E-state index is 0.158. The zero-order chi connectivity index (χ0) is 12.4. The van der Waals surface area contributed by atoms with Crippen molar-refractivity contribution in [1.29, 1.82) is 0 Å². The molecule has 1 aromatic carbocycles. The Balaban J connectivity index is 2.31. The van der Waals surface area contributed by atoms with Gasteiger partial charge in [0.25, 0.3) is 5.91 Å². The molecule has 1 aromatic rings. The topological polar surface area (TPSA) is 29.5 Å². The molecule has 0 radical (unpaired) electrons. The highest BCUT2D eigenvalue weighted by Gasteiger charge is 2.21. The molecule has 0 unspecified atom stereocenters. The molecule has 0 N–H and O–H groups in total. The van der Waals surface area contributed by atoms with E-state index < -0.39 is 0 Å². The molecule has 1 fully saturated rings. The summed E-state index contributed by atoms with van der Waals surface area (Å²) in [6, 6.07) is 3.88. The van der Waals surface area contributed by atoms with Crippen molar-refractivity contribution in [2.45, 2.75) is 26.7 Å². The number of hydrogen-bond acceptors (Lipinski definition) is 2. The molecule has 2 rings (SSSR count). The van der Waals surface area contributed by atoms with Crippen LogP contribution in [0.4, 0.5) is 0 Å². The summed E-state index contributed by atoms with van der Waals surface area (Å²) in [6.07, 6.45) is 2.25. The predicted molar refractivity (Wildman–Crippen MR) is 67.6 cm³/mol. The average molecular weight is 233 g/mol. The average Bonchev–Trinajstić information content (AvgIpc) is 2.84. The Hall–Kier alpha value is -1.51. The number of nitrogens with zero attached hydrogens (tertiary/aromatic N) is 1. The minimum atomic E-state index is 0.158. The second-order valence-corrected chi connectivity index (χ2v) is 4.64. The van der Waals surface area contributed by atoms with Crippen LogP contribution in [0.2, 0.25) is 0 Å². The highest BCUT2D eigenvalue weighted by atomic mass is 16.5. The quantitative estimate of drug-likeness (QED) is 0.785. The summed E-state index contributed by atoms with van der Waals surface area (Å²) in [7, 11) is 1.66. The van der Waals surface area contributed by atoms with E-state index in [0.717, 1.165) is 48.4 Å². The Bertz CT molecular complexity index is 434. The molecule has 1 saturated heterocycles. The number of carbonyl (C=O) groups excluding carboxylic acids is 1. The van der Waals surface area contributed by atoms with Crippen molar-refractivity contribution in [3.8, 4) is 5.75 Å². The maximum atomic E-state index is 12.3. The van der Waals surface area contributed by atoms with Gasteiger partial charge in [-0.3, -0.25) is 4.79 Å². The van der Waals surface area contributed by atoms with Gasteiger partial charge in [-0.15, -0.1) is 0 Å². The molecule has 92 valence electrons. The molecule has 3 nitrogen and oxygen atoms in total. The van der Waals surface area contributed by atoms with Gasteiger partial charge < -0.3 is 9.64 Å². The summed E-state index contributed by atoms with van der Waals surface area (Å²) >= 11 is 0. The number of amides is 1. The molecule has 1 aliphatic rings. The minimum Gasteiger partial charge on any atom is -0.496 e. The van der Waals surface area contributed by atoms with Gasteiger partial charge in [-0.2, -0.15) is 0 Å². The van der Waals surface area contributed by atoms with Crippen LogP contribution in [0.1, 0.15) is 34.3 Å². The molecule has 1 aliphatic heterocycles. The van der Waals surface area contributed by atoms with Gasteiger partial charge in [0, 0.05) is 18.7 Å². The molecule has 0 aromatic heterocycles. The van der Waals surface area contributed by atoms with E-state index in [0.29, 0.717) is 0 Å². The Labute approximate surface area is 102 Å². The molecular formula is C14H19NO2. The first kappa shape index (κ1) is 12.0. The van der Waals surface area contributed by atoms with E-state index in [2.05, 4.69) is 0 Å². The lowest BCUT2D eigenvalue weighted by molar-refractivity contribution is 0.0792. The molecule has 0 spiro atoms. The SMILES string of the molecule is COc1cc(C)c(C(=O)N2CCCC2)cc1C. The van der Waals surface area contributed by atoms with E-state index in [4.69, 9.17) is 4.74 Å². The summed E-state index contributed by atoms with van der Waals surface area (Å²) in [5, 5.41) is 0. The number of likely N-dealkylation sites (tertiary alicyclic amines) is 1. The van der Waals surface area contributed by atoms with Crippen LogP contribution in [0, 0.1) is 13.8 Å². The maximum absolute atomic E-state index is 12.3. The van der Waals surface area contributed by atoms with Gasteiger partial charge in [0.2, 0.25) is 0 Å². The van der Waals surface area contributed by atoms with E-state index in [1.165, 1.54) is 0 Å². The monoisotopic (exact) mass is 233 g/mol. The lowest BCUT2D eigenvalue weighted by Gasteiger charge is -2.18. The normalized spacial score (nSPS) is 15.1. The third-order valence-electron chi connectivity index (χ3n) is 3.37. The molecule has 0 bridgehead atoms. The van der Waals surface area contributed by atoms with Crippen LogP contribution in [0.25, 0.3) is 0 Å². The Morgan fingerprint density at radius 2 is 1.82 bits per heavy atom. The highest BCUT2D eigenvalue weighted by Crippen LogP contribution is 2.24. The van der Waals surface area contributed by atoms with Crippen molar-refractivity contribution in [3.63, 3.8) is 0 Å². The van der Waals surface area contributed by atoms with E-state index in [1.807, 2.05) is 30.9 Å². The van der Waals surface area contributed by atoms with E-state index in [1.54, 1.807) is 7.11 Å². The molecular weight excluding hydrogens is 214 g/mol. The van der Waals surface area contributed by atoms with Gasteiger partial charge in [0.05, 0.1) is 7.11 Å². The standard InChI is InChI=1S/C14H19NO2/c1-10-9-13(17-3)11(2)8-12(10)14(16)15-6-4-5-7-15/h8-9H,4-7H2,1-3H3. The number of hydrogen-bond donors (Lipinski definition) is 0. The van der Waals surface area contributed by atoms with Gasteiger partial charge in [0.1, 0.15) is 5.75 Å². The summed E-state index contributed by atoms with van der Waals surface area (Å²) in [5.41, 5.74) is 2.81. The van der Waals surface area contributed by atoms with E-state index in [-0.39, 0.29) is 5.91 Å². The molecule has 0 aliphatic carbocycles. The summed E-state index contributed by atoms with van der Waals surface area (Å²) in [4.78, 5) is 14.2. The highest BCUT2D eigenvalue weighted by molar-refractivity contribution is 5.96. The zero-order valence-corrected chi connectivity index (χ0v) is 10.7. The number of methoxy groups -OCH3 is 1. The van der Waals surface area contributed by atoms with Crippen molar-refractivity contribution < 1.29 is 9.53 Å². The number of rotatable bonds is 2. The van der Waals surface area contributed by atoms with Crippen molar-refractivity contribution >= 4 is 5.91 Å². The maximum Gasteiger partial charge on any atom is 0.254 e. The van der Waals surface area contributed by atoms with Crippen molar-refractivity contribution in [2.75, 3.05) is 20.2 Å². The second-order valence-electron chi connectivity index (χ2n) is 4.64.